The molecule has 0 radical (unpaired) electrons. The predicted molar refractivity (Wildman–Crippen MR) is 63.5 cm³/mol. The molecule has 1 saturated heterocycles. The van der Waals surface area contributed by atoms with Gasteiger partial charge in [0, 0.05) is 17.6 Å². The first-order valence-electron chi connectivity index (χ1n) is 4.84. The lowest BCUT2D eigenvalue weighted by molar-refractivity contribution is 0.606. The molecular weight excluding hydrogens is 254 g/mol. The Labute approximate surface area is 97.6 Å². The molecule has 1 aromatic rings. The van der Waals surface area contributed by atoms with E-state index in [9.17, 15) is 0 Å². The number of benzene rings is 1. The zero-order chi connectivity index (χ0) is 10.9. The van der Waals surface area contributed by atoms with Crippen molar-refractivity contribution in [1.82, 2.24) is 0 Å². The Morgan fingerprint density at radius 2 is 2.20 bits per heavy atom. The van der Waals surface area contributed by atoms with Gasteiger partial charge in [-0.25, -0.2) is 0 Å². The fourth-order valence-corrected chi connectivity index (χ4v) is 2.37. The van der Waals surface area contributed by atoms with Crippen LogP contribution in [0.2, 0.25) is 0 Å². The Morgan fingerprint density at radius 3 is 2.80 bits per heavy atom. The lowest BCUT2D eigenvalue weighted by Gasteiger charge is -2.21. The summed E-state index contributed by atoms with van der Waals surface area (Å²) >= 11 is 3.50. The highest BCUT2D eigenvalue weighted by atomic mass is 79.9. The lowest BCUT2D eigenvalue weighted by Crippen LogP contribution is -2.41. The number of rotatable bonds is 1. The van der Waals surface area contributed by atoms with Crippen LogP contribution in [0.15, 0.2) is 28.7 Å². The van der Waals surface area contributed by atoms with Gasteiger partial charge in [-0.15, -0.1) is 0 Å². The van der Waals surface area contributed by atoms with E-state index in [1.165, 1.54) is 0 Å². The lowest BCUT2D eigenvalue weighted by atomic mass is 10.0. The third-order valence-corrected chi connectivity index (χ3v) is 3.39. The molecule has 0 amide bonds. The van der Waals surface area contributed by atoms with E-state index in [1.54, 1.807) is 0 Å². The first-order valence-corrected chi connectivity index (χ1v) is 5.63. The summed E-state index contributed by atoms with van der Waals surface area (Å²) in [5.74, 6) is 0. The molecule has 0 aliphatic carbocycles. The van der Waals surface area contributed by atoms with Crippen molar-refractivity contribution in [3.63, 3.8) is 0 Å². The molecule has 2 rings (SSSR count). The first-order chi connectivity index (χ1) is 7.14. The second-order valence-corrected chi connectivity index (χ2v) is 4.75. The maximum atomic E-state index is 8.95. The molecule has 15 heavy (non-hydrogen) atoms. The van der Waals surface area contributed by atoms with E-state index in [0.29, 0.717) is 6.54 Å². The third kappa shape index (κ3) is 1.99. The summed E-state index contributed by atoms with van der Waals surface area (Å²) in [7, 11) is 0. The minimum Gasteiger partial charge on any atom is -0.368 e. The summed E-state index contributed by atoms with van der Waals surface area (Å²) < 4.78 is 1.05. The molecule has 1 atom stereocenters. The molecular formula is C11H12BrN3. The van der Waals surface area contributed by atoms with Crippen LogP contribution in [0.5, 0.6) is 0 Å². The van der Waals surface area contributed by atoms with E-state index in [0.717, 1.165) is 23.1 Å². The molecule has 1 unspecified atom stereocenters. The number of anilines is 1. The van der Waals surface area contributed by atoms with Gasteiger partial charge in [0.25, 0.3) is 0 Å². The fraction of sp³-hybridized carbons (Fsp3) is 0.364. The Kier molecular flexibility index (Phi) is 2.68. The summed E-state index contributed by atoms with van der Waals surface area (Å²) in [6.45, 7) is 1.44. The molecule has 0 spiro atoms. The molecule has 1 heterocycles. The largest absolute Gasteiger partial charge is 0.368 e. The quantitative estimate of drug-likeness (QED) is 0.844. The Balaban J connectivity index is 2.23. The maximum absolute atomic E-state index is 8.95. The second kappa shape index (κ2) is 3.84. The van der Waals surface area contributed by atoms with Crippen LogP contribution in [0.25, 0.3) is 0 Å². The number of nitriles is 1. The summed E-state index contributed by atoms with van der Waals surface area (Å²) in [5.41, 5.74) is 6.34. The van der Waals surface area contributed by atoms with Crippen molar-refractivity contribution in [1.29, 1.82) is 5.26 Å². The van der Waals surface area contributed by atoms with E-state index >= 15 is 0 Å². The van der Waals surface area contributed by atoms with E-state index in [1.807, 2.05) is 24.3 Å². The molecule has 1 aliphatic heterocycles. The zero-order valence-corrected chi connectivity index (χ0v) is 9.87. The normalized spacial score (nSPS) is 25.3. The topological polar surface area (TPSA) is 53.1 Å². The van der Waals surface area contributed by atoms with Crippen molar-refractivity contribution < 1.29 is 0 Å². The van der Waals surface area contributed by atoms with E-state index in [2.05, 4.69) is 26.9 Å². The third-order valence-electron chi connectivity index (χ3n) is 2.72. The average Bonchev–Trinajstić information content (AvgIpc) is 2.63. The molecule has 1 aromatic carbocycles. The van der Waals surface area contributed by atoms with Crippen LogP contribution in [-0.4, -0.2) is 18.6 Å². The maximum Gasteiger partial charge on any atom is 0.123 e. The van der Waals surface area contributed by atoms with E-state index < -0.39 is 5.54 Å². The first kappa shape index (κ1) is 10.5. The van der Waals surface area contributed by atoms with Crippen molar-refractivity contribution in [2.24, 2.45) is 5.73 Å². The Bertz CT molecular complexity index is 413. The molecule has 0 saturated carbocycles. The van der Waals surface area contributed by atoms with Gasteiger partial charge in [-0.1, -0.05) is 12.1 Å². The van der Waals surface area contributed by atoms with Gasteiger partial charge >= 0.3 is 0 Å². The van der Waals surface area contributed by atoms with Crippen molar-refractivity contribution in [3.8, 4) is 6.07 Å². The molecule has 2 N–H and O–H groups in total. The van der Waals surface area contributed by atoms with Gasteiger partial charge in [-0.05, 0) is 34.5 Å². The zero-order valence-electron chi connectivity index (χ0n) is 8.28. The minimum absolute atomic E-state index is 0.603. The van der Waals surface area contributed by atoms with Gasteiger partial charge in [0.05, 0.1) is 11.8 Å². The van der Waals surface area contributed by atoms with Gasteiger partial charge in [0.1, 0.15) is 5.54 Å². The van der Waals surface area contributed by atoms with Gasteiger partial charge in [0.2, 0.25) is 0 Å². The monoisotopic (exact) mass is 265 g/mol. The van der Waals surface area contributed by atoms with Crippen LogP contribution in [0.1, 0.15) is 6.42 Å². The molecule has 1 fully saturated rings. The summed E-state index contributed by atoms with van der Waals surface area (Å²) in [5, 5.41) is 8.95. The van der Waals surface area contributed by atoms with Crippen LogP contribution < -0.4 is 10.6 Å². The van der Waals surface area contributed by atoms with E-state index in [4.69, 9.17) is 11.0 Å². The van der Waals surface area contributed by atoms with Crippen LogP contribution in [-0.2, 0) is 0 Å². The summed E-state index contributed by atoms with van der Waals surface area (Å²) in [6, 6.07) is 10.2. The van der Waals surface area contributed by atoms with E-state index in [-0.39, 0.29) is 0 Å². The fourth-order valence-electron chi connectivity index (χ4n) is 1.84. The molecule has 3 nitrogen and oxygen atoms in total. The van der Waals surface area contributed by atoms with Gasteiger partial charge in [0.15, 0.2) is 0 Å². The van der Waals surface area contributed by atoms with Crippen molar-refractivity contribution in [2.75, 3.05) is 18.0 Å². The molecule has 4 heteroatoms. The molecule has 1 aliphatic rings. The number of halogens is 1. The highest BCUT2D eigenvalue weighted by Crippen LogP contribution is 2.30. The number of nitrogens with zero attached hydrogens (tertiary/aromatic N) is 2. The standard InChI is InChI=1S/C11H12BrN3/c12-9-3-1-2-4-10(9)15-6-5-11(14,7-13)8-15/h1-4H,5-6,8,14H2. The van der Waals surface area contributed by atoms with Crippen molar-refractivity contribution in [3.05, 3.63) is 28.7 Å². The highest BCUT2D eigenvalue weighted by Gasteiger charge is 2.34. The second-order valence-electron chi connectivity index (χ2n) is 3.89. The minimum atomic E-state index is -0.685. The Hall–Kier alpha value is -1.05. The Morgan fingerprint density at radius 1 is 1.47 bits per heavy atom. The molecule has 0 aromatic heterocycles. The molecule has 78 valence electrons. The SMILES string of the molecule is N#CC1(N)CCN(c2ccccc2Br)C1. The van der Waals surface area contributed by atoms with Crippen molar-refractivity contribution >= 4 is 21.6 Å². The van der Waals surface area contributed by atoms with Gasteiger partial charge < -0.3 is 10.6 Å². The van der Waals surface area contributed by atoms with Crippen molar-refractivity contribution in [2.45, 2.75) is 12.0 Å². The van der Waals surface area contributed by atoms with Crippen LogP contribution >= 0.6 is 15.9 Å². The number of para-hydroxylation sites is 1. The smallest absolute Gasteiger partial charge is 0.123 e. The average molecular weight is 266 g/mol. The highest BCUT2D eigenvalue weighted by molar-refractivity contribution is 9.10. The number of nitrogens with two attached hydrogens (primary N) is 1. The number of hydrogen-bond donors (Lipinski definition) is 1. The van der Waals surface area contributed by atoms with Crippen LogP contribution in [0.3, 0.4) is 0 Å². The summed E-state index contributed by atoms with van der Waals surface area (Å²) in [6.07, 6.45) is 0.727. The van der Waals surface area contributed by atoms with Gasteiger partial charge in [-0.2, -0.15) is 5.26 Å². The predicted octanol–water partition coefficient (Wildman–Crippen LogP) is 1.88. The van der Waals surface area contributed by atoms with Gasteiger partial charge in [-0.3, -0.25) is 0 Å². The number of hydrogen-bond acceptors (Lipinski definition) is 3. The molecule has 0 bridgehead atoms. The van der Waals surface area contributed by atoms with Crippen LogP contribution in [0.4, 0.5) is 5.69 Å². The van der Waals surface area contributed by atoms with Crippen LogP contribution in [0, 0.1) is 11.3 Å². The summed E-state index contributed by atoms with van der Waals surface area (Å²) in [4.78, 5) is 2.15.